The van der Waals surface area contributed by atoms with Gasteiger partial charge < -0.3 is 15.4 Å². The topological polar surface area (TPSA) is 33.3 Å². The number of nitrogens with one attached hydrogen (secondary N) is 2. The summed E-state index contributed by atoms with van der Waals surface area (Å²) in [6, 6.07) is 23.7. The molecule has 0 aliphatic rings. The summed E-state index contributed by atoms with van der Waals surface area (Å²) < 4.78 is 5.83. The quantitative estimate of drug-likeness (QED) is 0.575. The van der Waals surface area contributed by atoms with E-state index in [1.54, 1.807) is 0 Å². The number of anilines is 2. The molecule has 0 spiro atoms. The van der Waals surface area contributed by atoms with E-state index in [1.165, 1.54) is 5.56 Å². The van der Waals surface area contributed by atoms with Crippen molar-refractivity contribution in [2.75, 3.05) is 10.6 Å². The third kappa shape index (κ3) is 4.81. The Balaban J connectivity index is 1.59. The van der Waals surface area contributed by atoms with Gasteiger partial charge in [-0.1, -0.05) is 35.9 Å². The highest BCUT2D eigenvalue weighted by molar-refractivity contribution is 7.80. The fourth-order valence-electron chi connectivity index (χ4n) is 2.35. The first-order valence-electron chi connectivity index (χ1n) is 8.08. The zero-order valence-electron chi connectivity index (χ0n) is 14.2. The molecule has 0 saturated heterocycles. The lowest BCUT2D eigenvalue weighted by Crippen LogP contribution is -2.19. The van der Waals surface area contributed by atoms with Crippen LogP contribution in [0.5, 0.6) is 11.5 Å². The third-order valence-corrected chi connectivity index (χ3v) is 3.97. The normalized spacial score (nSPS) is 10.2. The molecule has 3 aromatic rings. The Morgan fingerprint density at radius 3 is 2.00 bits per heavy atom. The first-order chi connectivity index (χ1) is 12.1. The summed E-state index contributed by atoms with van der Waals surface area (Å²) in [6.07, 6.45) is 0. The summed E-state index contributed by atoms with van der Waals surface area (Å²) in [5.41, 5.74) is 4.26. The molecule has 25 heavy (non-hydrogen) atoms. The number of rotatable bonds is 4. The highest BCUT2D eigenvalue weighted by Crippen LogP contribution is 2.23. The average molecular weight is 348 g/mol. The number of ether oxygens (including phenoxy) is 1. The molecule has 3 rings (SSSR count). The molecule has 0 amide bonds. The molecular formula is C21H20N2OS. The van der Waals surface area contributed by atoms with Crippen LogP contribution in [0, 0.1) is 13.8 Å². The second kappa shape index (κ2) is 7.81. The van der Waals surface area contributed by atoms with E-state index >= 15 is 0 Å². The van der Waals surface area contributed by atoms with E-state index in [9.17, 15) is 0 Å². The SMILES string of the molecule is Cc1ccc(Oc2ccc(NC(=S)Nc3ccccc3C)cc2)cc1. The van der Waals surface area contributed by atoms with Crippen molar-refractivity contribution >= 4 is 28.7 Å². The van der Waals surface area contributed by atoms with Gasteiger partial charge >= 0.3 is 0 Å². The monoisotopic (exact) mass is 348 g/mol. The van der Waals surface area contributed by atoms with Crippen LogP contribution in [0.4, 0.5) is 11.4 Å². The molecule has 0 radical (unpaired) electrons. The second-order valence-electron chi connectivity index (χ2n) is 5.83. The highest BCUT2D eigenvalue weighted by atomic mass is 32.1. The lowest BCUT2D eigenvalue weighted by atomic mass is 10.2. The third-order valence-electron chi connectivity index (χ3n) is 3.76. The molecule has 0 heterocycles. The molecule has 0 aromatic heterocycles. The molecule has 0 aliphatic heterocycles. The summed E-state index contributed by atoms with van der Waals surface area (Å²) in [7, 11) is 0. The lowest BCUT2D eigenvalue weighted by molar-refractivity contribution is 0.482. The van der Waals surface area contributed by atoms with Gasteiger partial charge in [-0.3, -0.25) is 0 Å². The molecule has 0 aliphatic carbocycles. The molecule has 0 atom stereocenters. The van der Waals surface area contributed by atoms with Gasteiger partial charge in [0.25, 0.3) is 0 Å². The average Bonchev–Trinajstić information content (AvgIpc) is 2.61. The molecule has 3 nitrogen and oxygen atoms in total. The summed E-state index contributed by atoms with van der Waals surface area (Å²) in [4.78, 5) is 0. The molecule has 0 unspecified atom stereocenters. The fraction of sp³-hybridized carbons (Fsp3) is 0.0952. The van der Waals surface area contributed by atoms with Crippen molar-refractivity contribution in [1.29, 1.82) is 0 Å². The first kappa shape index (κ1) is 17.0. The van der Waals surface area contributed by atoms with Crippen LogP contribution in [0.1, 0.15) is 11.1 Å². The van der Waals surface area contributed by atoms with Gasteiger partial charge in [0.2, 0.25) is 0 Å². The fourth-order valence-corrected chi connectivity index (χ4v) is 2.57. The number of para-hydroxylation sites is 1. The van der Waals surface area contributed by atoms with Crippen molar-refractivity contribution in [2.45, 2.75) is 13.8 Å². The van der Waals surface area contributed by atoms with Crippen molar-refractivity contribution in [1.82, 2.24) is 0 Å². The van der Waals surface area contributed by atoms with E-state index in [0.29, 0.717) is 5.11 Å². The number of hydrogen-bond acceptors (Lipinski definition) is 2. The van der Waals surface area contributed by atoms with Crippen LogP contribution >= 0.6 is 12.2 Å². The molecule has 0 bridgehead atoms. The minimum atomic E-state index is 0.557. The maximum absolute atomic E-state index is 5.83. The number of thiocarbonyl (C=S) groups is 1. The van der Waals surface area contributed by atoms with Gasteiger partial charge in [-0.2, -0.15) is 0 Å². The van der Waals surface area contributed by atoms with Crippen molar-refractivity contribution in [3.05, 3.63) is 83.9 Å². The zero-order valence-corrected chi connectivity index (χ0v) is 15.1. The molecule has 3 aromatic carbocycles. The van der Waals surface area contributed by atoms with Gasteiger partial charge in [0.05, 0.1) is 0 Å². The van der Waals surface area contributed by atoms with Crippen molar-refractivity contribution in [3.63, 3.8) is 0 Å². The van der Waals surface area contributed by atoms with Crippen molar-refractivity contribution < 1.29 is 4.74 Å². The van der Waals surface area contributed by atoms with Crippen molar-refractivity contribution in [3.8, 4) is 11.5 Å². The van der Waals surface area contributed by atoms with Gasteiger partial charge in [0.15, 0.2) is 5.11 Å². The lowest BCUT2D eigenvalue weighted by Gasteiger charge is -2.13. The van der Waals surface area contributed by atoms with Crippen LogP contribution in [0.3, 0.4) is 0 Å². The maximum atomic E-state index is 5.83. The van der Waals surface area contributed by atoms with Crippen LogP contribution in [-0.4, -0.2) is 5.11 Å². The van der Waals surface area contributed by atoms with E-state index in [2.05, 4.69) is 17.6 Å². The molecular weight excluding hydrogens is 328 g/mol. The Morgan fingerprint density at radius 2 is 1.36 bits per heavy atom. The predicted molar refractivity (Wildman–Crippen MR) is 109 cm³/mol. The Bertz CT molecular complexity index is 858. The van der Waals surface area contributed by atoms with Gasteiger partial charge in [-0.15, -0.1) is 0 Å². The molecule has 0 saturated carbocycles. The van der Waals surface area contributed by atoms with Crippen LogP contribution < -0.4 is 15.4 Å². The largest absolute Gasteiger partial charge is 0.457 e. The minimum absolute atomic E-state index is 0.557. The Morgan fingerprint density at radius 1 is 0.760 bits per heavy atom. The van der Waals surface area contributed by atoms with E-state index < -0.39 is 0 Å². The number of aryl methyl sites for hydroxylation is 2. The zero-order chi connectivity index (χ0) is 17.6. The van der Waals surface area contributed by atoms with E-state index in [1.807, 2.05) is 79.7 Å². The first-order valence-corrected chi connectivity index (χ1v) is 8.49. The standard InChI is InChI=1S/C21H20N2OS/c1-15-7-11-18(12-8-15)24-19-13-9-17(10-14-19)22-21(25)23-20-6-4-3-5-16(20)2/h3-14H,1-2H3,(H2,22,23,25). The van der Waals surface area contributed by atoms with Crippen LogP contribution in [0.15, 0.2) is 72.8 Å². The summed E-state index contributed by atoms with van der Waals surface area (Å²) in [5.74, 6) is 1.61. The molecule has 2 N–H and O–H groups in total. The summed E-state index contributed by atoms with van der Waals surface area (Å²) >= 11 is 5.37. The predicted octanol–water partition coefficient (Wildman–Crippen LogP) is 5.90. The molecule has 4 heteroatoms. The molecule has 0 fully saturated rings. The van der Waals surface area contributed by atoms with Crippen LogP contribution in [0.2, 0.25) is 0 Å². The highest BCUT2D eigenvalue weighted by Gasteiger charge is 2.02. The second-order valence-corrected chi connectivity index (χ2v) is 6.24. The van der Waals surface area contributed by atoms with Gasteiger partial charge in [0.1, 0.15) is 11.5 Å². The Labute approximate surface area is 153 Å². The maximum Gasteiger partial charge on any atom is 0.175 e. The van der Waals surface area contributed by atoms with Gasteiger partial charge in [0, 0.05) is 11.4 Å². The summed E-state index contributed by atoms with van der Waals surface area (Å²) in [5, 5.41) is 6.95. The minimum Gasteiger partial charge on any atom is -0.457 e. The Hall–Kier alpha value is -2.85. The van der Waals surface area contributed by atoms with E-state index in [-0.39, 0.29) is 0 Å². The van der Waals surface area contributed by atoms with E-state index in [4.69, 9.17) is 17.0 Å². The summed E-state index contributed by atoms with van der Waals surface area (Å²) in [6.45, 7) is 4.10. The van der Waals surface area contributed by atoms with Crippen LogP contribution in [-0.2, 0) is 0 Å². The molecule has 126 valence electrons. The van der Waals surface area contributed by atoms with Gasteiger partial charge in [-0.05, 0) is 74.1 Å². The number of hydrogen-bond donors (Lipinski definition) is 2. The number of benzene rings is 3. The van der Waals surface area contributed by atoms with Crippen molar-refractivity contribution in [2.24, 2.45) is 0 Å². The smallest absolute Gasteiger partial charge is 0.175 e. The van der Waals surface area contributed by atoms with Gasteiger partial charge in [-0.25, -0.2) is 0 Å². The Kier molecular flexibility index (Phi) is 5.31. The van der Waals surface area contributed by atoms with E-state index in [0.717, 1.165) is 28.4 Å². The van der Waals surface area contributed by atoms with Crippen LogP contribution in [0.25, 0.3) is 0 Å².